The summed E-state index contributed by atoms with van der Waals surface area (Å²) in [4.78, 5) is 13.1. The maximum Gasteiger partial charge on any atom is 0.151 e. The van der Waals surface area contributed by atoms with E-state index in [1.54, 1.807) is 22.0 Å². The molecular formula is C34H73OPSi7. The largest absolute Gasteiger partial charge is 0.295 e. The SMILES string of the molecule is CC(=O)/C(=C\Pc1c(C([Si](C)(C)C)[Si](C)(C)C)cc(C([Si](C)(C)C)[Si](C)(C)C)cc1C([Si](C)(C)C)[Si](C)(C)C)[Si](C)(C)C. The number of hydrogen-bond acceptors (Lipinski definition) is 1. The summed E-state index contributed by atoms with van der Waals surface area (Å²) in [6, 6.07) is 5.60. The maximum absolute atomic E-state index is 13.1. The van der Waals surface area contributed by atoms with E-state index in [1.807, 2.05) is 6.92 Å². The molecule has 0 N–H and O–H groups in total. The summed E-state index contributed by atoms with van der Waals surface area (Å²) in [6.07, 6.45) is 0. The quantitative estimate of drug-likeness (QED) is 0.112. The van der Waals surface area contributed by atoms with Crippen LogP contribution in [0.2, 0.25) is 137 Å². The maximum atomic E-state index is 13.1. The van der Waals surface area contributed by atoms with Gasteiger partial charge in [0.05, 0.1) is 8.07 Å². The van der Waals surface area contributed by atoms with Crippen molar-refractivity contribution in [3.63, 3.8) is 0 Å². The van der Waals surface area contributed by atoms with Gasteiger partial charge in [0, 0.05) is 48.4 Å². The van der Waals surface area contributed by atoms with Gasteiger partial charge >= 0.3 is 0 Å². The smallest absolute Gasteiger partial charge is 0.151 e. The van der Waals surface area contributed by atoms with E-state index in [9.17, 15) is 4.79 Å². The van der Waals surface area contributed by atoms with Gasteiger partial charge in [-0.3, -0.25) is 4.79 Å². The second-order valence-electron chi connectivity index (χ2n) is 21.1. The molecule has 0 radical (unpaired) electrons. The molecular weight excluding hydrogens is 652 g/mol. The summed E-state index contributed by atoms with van der Waals surface area (Å²) in [6.45, 7) is 56.3. The third-order valence-electron chi connectivity index (χ3n) is 8.92. The van der Waals surface area contributed by atoms with Crippen molar-refractivity contribution in [2.45, 2.75) is 160 Å². The van der Waals surface area contributed by atoms with E-state index in [0.29, 0.717) is 24.7 Å². The molecule has 0 bridgehead atoms. The minimum Gasteiger partial charge on any atom is -0.295 e. The van der Waals surface area contributed by atoms with Crippen LogP contribution in [0, 0.1) is 0 Å². The summed E-state index contributed by atoms with van der Waals surface area (Å²) in [5.74, 6) is 2.74. The van der Waals surface area contributed by atoms with E-state index in [-0.39, 0.29) is 0 Å². The van der Waals surface area contributed by atoms with Crippen molar-refractivity contribution in [3.8, 4) is 0 Å². The van der Waals surface area contributed by atoms with E-state index in [4.69, 9.17) is 0 Å². The van der Waals surface area contributed by atoms with Gasteiger partial charge in [0.2, 0.25) is 0 Å². The molecule has 0 aromatic heterocycles. The summed E-state index contributed by atoms with van der Waals surface area (Å²) in [5.41, 5.74) is 5.14. The molecule has 0 spiro atoms. The van der Waals surface area contributed by atoms with Crippen molar-refractivity contribution in [1.29, 1.82) is 0 Å². The van der Waals surface area contributed by atoms with Crippen molar-refractivity contribution in [3.05, 3.63) is 39.8 Å². The lowest BCUT2D eigenvalue weighted by molar-refractivity contribution is -0.113. The normalized spacial score (nSPS) is 15.5. The average Bonchev–Trinajstić information content (AvgIpc) is 2.61. The monoisotopic (exact) mass is 724 g/mol. The van der Waals surface area contributed by atoms with E-state index in [1.165, 1.54) is 0 Å². The van der Waals surface area contributed by atoms with Gasteiger partial charge in [-0.1, -0.05) is 164 Å². The number of carbonyl (C=O) groups excluding carboxylic acids is 1. The van der Waals surface area contributed by atoms with Crippen LogP contribution in [0.1, 0.15) is 39.1 Å². The van der Waals surface area contributed by atoms with Crippen LogP contribution in [0.15, 0.2) is 23.1 Å². The first-order valence-corrected chi connectivity index (χ1v) is 42.8. The van der Waals surface area contributed by atoms with Crippen molar-refractivity contribution in [1.82, 2.24) is 0 Å². The Morgan fingerprint density at radius 2 is 0.814 bits per heavy atom. The van der Waals surface area contributed by atoms with Crippen molar-refractivity contribution < 1.29 is 4.79 Å². The molecule has 0 amide bonds. The minimum absolute atomic E-state index is 0.294. The topological polar surface area (TPSA) is 17.1 Å². The third-order valence-corrected chi connectivity index (χ3v) is 40.5. The predicted molar refractivity (Wildman–Crippen MR) is 225 cm³/mol. The van der Waals surface area contributed by atoms with Gasteiger partial charge in [-0.15, -0.1) is 0 Å². The highest BCUT2D eigenvalue weighted by Crippen LogP contribution is 2.46. The molecule has 0 saturated heterocycles. The average molecular weight is 726 g/mol. The molecule has 1 nitrogen and oxygen atoms in total. The highest BCUT2D eigenvalue weighted by atomic mass is 31.1. The Morgan fingerprint density at radius 1 is 0.535 bits per heavy atom. The molecule has 1 aromatic carbocycles. The molecule has 0 aliphatic heterocycles. The van der Waals surface area contributed by atoms with Crippen LogP contribution in [0.25, 0.3) is 0 Å². The zero-order valence-electron chi connectivity index (χ0n) is 32.9. The number of rotatable bonds is 13. The minimum atomic E-state index is -1.75. The molecule has 1 atom stereocenters. The Bertz CT molecular complexity index is 1080. The molecule has 0 fully saturated rings. The second kappa shape index (κ2) is 13.6. The fourth-order valence-electron chi connectivity index (χ4n) is 9.25. The highest BCUT2D eigenvalue weighted by molar-refractivity contribution is 7.51. The Morgan fingerprint density at radius 3 is 1.02 bits per heavy atom. The zero-order chi connectivity index (χ0) is 34.5. The van der Waals surface area contributed by atoms with Gasteiger partial charge in [0.25, 0.3) is 0 Å². The highest BCUT2D eigenvalue weighted by Gasteiger charge is 2.46. The van der Waals surface area contributed by atoms with E-state index in [0.717, 1.165) is 10.4 Å². The van der Waals surface area contributed by atoms with E-state index < -0.39 is 56.5 Å². The fourth-order valence-corrected chi connectivity index (χ4v) is 52.2. The molecule has 248 valence electrons. The zero-order valence-corrected chi connectivity index (χ0v) is 40.9. The van der Waals surface area contributed by atoms with Crippen molar-refractivity contribution in [2.24, 2.45) is 0 Å². The number of carbonyl (C=O) groups is 1. The molecule has 1 aromatic rings. The Balaban J connectivity index is 4.71. The van der Waals surface area contributed by atoms with E-state index >= 15 is 0 Å². The lowest BCUT2D eigenvalue weighted by Crippen LogP contribution is -2.51. The van der Waals surface area contributed by atoms with Crippen LogP contribution in [0.4, 0.5) is 0 Å². The number of Topliss-reactive ketones (excluding diaryl/α,β-unsaturated/α-hetero) is 1. The lowest BCUT2D eigenvalue weighted by Gasteiger charge is -2.45. The molecule has 1 rings (SSSR count). The van der Waals surface area contributed by atoms with Gasteiger partial charge in [0.1, 0.15) is 0 Å². The molecule has 0 aliphatic rings. The molecule has 0 heterocycles. The van der Waals surface area contributed by atoms with Gasteiger partial charge < -0.3 is 0 Å². The van der Waals surface area contributed by atoms with Crippen LogP contribution in [-0.2, 0) is 4.79 Å². The third kappa shape index (κ3) is 11.1. The van der Waals surface area contributed by atoms with Crippen LogP contribution >= 0.6 is 8.58 Å². The summed E-state index contributed by atoms with van der Waals surface area (Å²) >= 11 is 0. The van der Waals surface area contributed by atoms with Crippen molar-refractivity contribution in [2.75, 3.05) is 0 Å². The molecule has 9 heteroatoms. The Labute approximate surface area is 279 Å². The fraction of sp³-hybridized carbons (Fsp3) is 0.735. The van der Waals surface area contributed by atoms with Gasteiger partial charge in [-0.2, -0.15) is 0 Å². The molecule has 0 aliphatic carbocycles. The first-order chi connectivity index (χ1) is 18.6. The molecule has 1 unspecified atom stereocenters. The molecule has 43 heavy (non-hydrogen) atoms. The first kappa shape index (κ1) is 41.6. The Hall–Kier alpha value is 0.578. The van der Waals surface area contributed by atoms with Gasteiger partial charge in [-0.05, 0) is 49.6 Å². The summed E-state index contributed by atoms with van der Waals surface area (Å²) in [5, 5.41) is 4.91. The van der Waals surface area contributed by atoms with Gasteiger partial charge in [0.15, 0.2) is 5.78 Å². The number of allylic oxidation sites excluding steroid dienone is 1. The number of benzene rings is 1. The first-order valence-electron chi connectivity index (χ1n) is 16.8. The Kier molecular flexibility index (Phi) is 13.2. The standard InChI is InChI=1S/C34H73OPSi7/c1-26(35)30(37(2,3)4)25-36-31-28(33(40(11,12)13)41(14,15)16)23-27(32(38(5,6)7)39(8,9)10)24-29(31)34(42(17,18)19)43(20,21)22/h23-25,32-34,36H,1-22H3/b30-25+. The lowest BCUT2D eigenvalue weighted by atomic mass is 10.1. The second-order valence-corrected chi connectivity index (χ2v) is 60.8. The van der Waals surface area contributed by atoms with Crippen molar-refractivity contribution >= 4 is 76.2 Å². The van der Waals surface area contributed by atoms with Crippen LogP contribution in [0.5, 0.6) is 0 Å². The predicted octanol–water partition coefficient (Wildman–Crippen LogP) is 11.9. The summed E-state index contributed by atoms with van der Waals surface area (Å²) < 4.78 is 0. The number of ketones is 1. The molecule has 0 saturated carbocycles. The van der Waals surface area contributed by atoms with Gasteiger partial charge in [-0.25, -0.2) is 0 Å². The van der Waals surface area contributed by atoms with Crippen LogP contribution in [-0.4, -0.2) is 62.3 Å². The summed E-state index contributed by atoms with van der Waals surface area (Å²) in [7, 11) is -10.5. The van der Waals surface area contributed by atoms with E-state index in [2.05, 4.69) is 155 Å². The number of hydrogen-bond donors (Lipinski definition) is 0. The van der Waals surface area contributed by atoms with Crippen LogP contribution in [0.3, 0.4) is 0 Å². The van der Waals surface area contributed by atoms with Crippen LogP contribution < -0.4 is 5.30 Å².